The maximum Gasteiger partial charge on any atom is 0.310 e. The van der Waals surface area contributed by atoms with Crippen LogP contribution in [0.1, 0.15) is 39.5 Å². The molecule has 2 aliphatic carbocycles. The van der Waals surface area contributed by atoms with Crippen molar-refractivity contribution < 1.29 is 42.8 Å². The van der Waals surface area contributed by atoms with Crippen molar-refractivity contribution in [2.45, 2.75) is 39.5 Å². The lowest BCUT2D eigenvalue weighted by Crippen LogP contribution is -2.35. The summed E-state index contributed by atoms with van der Waals surface area (Å²) in [6.45, 7) is 9.40. The van der Waals surface area contributed by atoms with Crippen molar-refractivity contribution in [3.8, 4) is 0 Å². The second kappa shape index (κ2) is 18.8. The van der Waals surface area contributed by atoms with Crippen LogP contribution < -0.4 is 0 Å². The van der Waals surface area contributed by atoms with Crippen molar-refractivity contribution in [2.24, 2.45) is 47.3 Å². The van der Waals surface area contributed by atoms with Crippen molar-refractivity contribution in [2.75, 3.05) is 61.0 Å². The summed E-state index contributed by atoms with van der Waals surface area (Å²) in [6, 6.07) is 0. The molecule has 41 heavy (non-hydrogen) atoms. The number of carbonyl (C=O) groups is 3. The zero-order chi connectivity index (χ0) is 30.2. The van der Waals surface area contributed by atoms with E-state index in [0.29, 0.717) is 13.0 Å². The Kier molecular flexibility index (Phi) is 16.0. The Labute approximate surface area is 245 Å². The van der Waals surface area contributed by atoms with Crippen LogP contribution in [0.15, 0.2) is 37.0 Å². The molecule has 9 nitrogen and oxygen atoms in total. The molecule has 232 valence electrons. The van der Waals surface area contributed by atoms with Crippen LogP contribution in [0.5, 0.6) is 0 Å². The molecule has 0 aromatic carbocycles. The highest BCUT2D eigenvalue weighted by Crippen LogP contribution is 2.48. The Balaban J connectivity index is 2.39. The lowest BCUT2D eigenvalue weighted by atomic mass is 9.83. The summed E-state index contributed by atoms with van der Waals surface area (Å²) in [5.41, 5.74) is 0. The van der Waals surface area contributed by atoms with Gasteiger partial charge in [-0.05, 0) is 48.9 Å². The molecule has 9 heteroatoms. The summed E-state index contributed by atoms with van der Waals surface area (Å²) in [6.07, 6.45) is 13.0. The number of methoxy groups -OCH3 is 3. The normalized spacial score (nSPS) is 29.7. The molecular formula is C32H50O9. The van der Waals surface area contributed by atoms with E-state index in [1.165, 1.54) is 14.2 Å². The largest absolute Gasteiger partial charge is 0.463 e. The minimum absolute atomic E-state index is 0.0829. The second-order valence-electron chi connectivity index (χ2n) is 10.7. The van der Waals surface area contributed by atoms with E-state index >= 15 is 0 Å². The third-order valence-corrected chi connectivity index (χ3v) is 8.28. The van der Waals surface area contributed by atoms with E-state index in [-0.39, 0.29) is 74.5 Å². The first kappa shape index (κ1) is 34.7. The van der Waals surface area contributed by atoms with Crippen LogP contribution >= 0.6 is 0 Å². The Morgan fingerprint density at radius 2 is 1.05 bits per heavy atom. The third kappa shape index (κ3) is 9.79. The lowest BCUT2D eigenvalue weighted by Gasteiger charge is -2.24. The highest BCUT2D eigenvalue weighted by atomic mass is 16.6. The SMILES string of the molecule is C=CC1CC(/C=C/C2CC(/C=C/CC)C(C(=O)OCCOC)C2C(=O)OCCOC)C(C(=O)OCCOC)C1CC. The fraction of sp³-hybridized carbons (Fsp3) is 0.719. The predicted octanol–water partition coefficient (Wildman–Crippen LogP) is 4.41. The van der Waals surface area contributed by atoms with Gasteiger partial charge in [-0.15, -0.1) is 6.58 Å². The molecule has 0 aromatic rings. The predicted molar refractivity (Wildman–Crippen MR) is 155 cm³/mol. The van der Waals surface area contributed by atoms with Crippen LogP contribution in [0.25, 0.3) is 0 Å². The van der Waals surface area contributed by atoms with Gasteiger partial charge in [0.1, 0.15) is 19.8 Å². The van der Waals surface area contributed by atoms with E-state index < -0.39 is 23.8 Å². The number of esters is 3. The Bertz CT molecular complexity index is 882. The number of ether oxygens (including phenoxy) is 6. The Hall–Kier alpha value is -2.49. The molecule has 2 rings (SSSR count). The highest BCUT2D eigenvalue weighted by Gasteiger charge is 2.51. The molecule has 0 bridgehead atoms. The Morgan fingerprint density at radius 3 is 1.46 bits per heavy atom. The van der Waals surface area contributed by atoms with Crippen molar-refractivity contribution in [1.29, 1.82) is 0 Å². The summed E-state index contributed by atoms with van der Waals surface area (Å²) in [5, 5.41) is 0. The molecular weight excluding hydrogens is 528 g/mol. The average molecular weight is 579 g/mol. The zero-order valence-corrected chi connectivity index (χ0v) is 25.5. The molecule has 8 unspecified atom stereocenters. The van der Waals surface area contributed by atoms with Gasteiger partial charge in [0.15, 0.2) is 0 Å². The van der Waals surface area contributed by atoms with Gasteiger partial charge < -0.3 is 28.4 Å². The summed E-state index contributed by atoms with van der Waals surface area (Å²) in [7, 11) is 4.64. The van der Waals surface area contributed by atoms with Crippen LogP contribution in [0.2, 0.25) is 0 Å². The molecule has 0 N–H and O–H groups in total. The van der Waals surface area contributed by atoms with Gasteiger partial charge >= 0.3 is 17.9 Å². The van der Waals surface area contributed by atoms with Gasteiger partial charge in [0.05, 0.1) is 37.6 Å². The van der Waals surface area contributed by atoms with Gasteiger partial charge in [0.2, 0.25) is 0 Å². The van der Waals surface area contributed by atoms with Gasteiger partial charge in [-0.1, -0.05) is 50.6 Å². The minimum Gasteiger partial charge on any atom is -0.463 e. The Morgan fingerprint density at radius 1 is 0.634 bits per heavy atom. The smallest absolute Gasteiger partial charge is 0.310 e. The highest BCUT2D eigenvalue weighted by molar-refractivity contribution is 5.84. The van der Waals surface area contributed by atoms with Gasteiger partial charge in [0.25, 0.3) is 0 Å². The van der Waals surface area contributed by atoms with Crippen molar-refractivity contribution in [1.82, 2.24) is 0 Å². The number of rotatable bonds is 18. The van der Waals surface area contributed by atoms with Crippen molar-refractivity contribution in [3.63, 3.8) is 0 Å². The molecule has 2 saturated carbocycles. The fourth-order valence-corrected chi connectivity index (χ4v) is 6.34. The van der Waals surface area contributed by atoms with Gasteiger partial charge in [-0.25, -0.2) is 0 Å². The second-order valence-corrected chi connectivity index (χ2v) is 10.7. The molecule has 0 heterocycles. The molecule has 0 saturated heterocycles. The van der Waals surface area contributed by atoms with E-state index in [0.717, 1.165) is 19.3 Å². The average Bonchev–Trinajstić information content (AvgIpc) is 3.52. The molecule has 2 aliphatic rings. The van der Waals surface area contributed by atoms with E-state index in [2.05, 4.69) is 13.5 Å². The number of carbonyl (C=O) groups excluding carboxylic acids is 3. The first-order valence-corrected chi connectivity index (χ1v) is 14.8. The molecule has 2 fully saturated rings. The first-order valence-electron chi connectivity index (χ1n) is 14.8. The van der Waals surface area contributed by atoms with E-state index in [4.69, 9.17) is 28.4 Å². The van der Waals surface area contributed by atoms with Crippen LogP contribution in [0.4, 0.5) is 0 Å². The molecule has 0 amide bonds. The molecule has 8 atom stereocenters. The van der Waals surface area contributed by atoms with E-state index in [1.807, 2.05) is 37.3 Å². The van der Waals surface area contributed by atoms with Crippen molar-refractivity contribution in [3.05, 3.63) is 37.0 Å². The van der Waals surface area contributed by atoms with Crippen LogP contribution in [-0.4, -0.2) is 78.9 Å². The first-order chi connectivity index (χ1) is 19.9. The molecule has 0 aliphatic heterocycles. The van der Waals surface area contributed by atoms with E-state index in [1.54, 1.807) is 7.11 Å². The summed E-state index contributed by atoms with van der Waals surface area (Å²) in [5.74, 6) is -3.13. The monoisotopic (exact) mass is 578 g/mol. The summed E-state index contributed by atoms with van der Waals surface area (Å²) in [4.78, 5) is 40.0. The summed E-state index contributed by atoms with van der Waals surface area (Å²) >= 11 is 0. The quantitative estimate of drug-likeness (QED) is 0.101. The maximum absolute atomic E-state index is 13.4. The van der Waals surface area contributed by atoms with Crippen LogP contribution in [0.3, 0.4) is 0 Å². The van der Waals surface area contributed by atoms with Gasteiger partial charge in [-0.3, -0.25) is 14.4 Å². The van der Waals surface area contributed by atoms with Crippen LogP contribution in [0, 0.1) is 47.3 Å². The lowest BCUT2D eigenvalue weighted by molar-refractivity contribution is -0.162. The van der Waals surface area contributed by atoms with Gasteiger partial charge in [0, 0.05) is 21.3 Å². The summed E-state index contributed by atoms with van der Waals surface area (Å²) < 4.78 is 31.8. The topological polar surface area (TPSA) is 107 Å². The van der Waals surface area contributed by atoms with Crippen molar-refractivity contribution >= 4 is 17.9 Å². The standard InChI is InChI=1S/C32H50O9/c1-7-10-11-23-21-25(29(32(35)41-19-16-38-6)28(23)31(34)40-18-15-37-5)13-12-24-20-22(8-2)26(9-3)27(24)30(33)39-17-14-36-4/h8,10-13,22-29H,2,7,9,14-21H2,1,3-6H3/b11-10+,13-12+. The fourth-order valence-electron chi connectivity index (χ4n) is 6.34. The minimum atomic E-state index is -0.727. The molecule has 0 radical (unpaired) electrons. The van der Waals surface area contributed by atoms with Gasteiger partial charge in [-0.2, -0.15) is 0 Å². The number of hydrogen-bond donors (Lipinski definition) is 0. The maximum atomic E-state index is 13.4. The third-order valence-electron chi connectivity index (χ3n) is 8.28. The van der Waals surface area contributed by atoms with Crippen LogP contribution in [-0.2, 0) is 42.8 Å². The number of hydrogen-bond acceptors (Lipinski definition) is 9. The molecule has 0 aromatic heterocycles. The number of allylic oxidation sites excluding steroid dienone is 5. The molecule has 0 spiro atoms. The van der Waals surface area contributed by atoms with E-state index in [9.17, 15) is 14.4 Å². The zero-order valence-electron chi connectivity index (χ0n) is 25.5.